The third kappa shape index (κ3) is 1.42. The molecule has 6 heteroatoms. The van der Waals surface area contributed by atoms with Crippen molar-refractivity contribution in [2.75, 3.05) is 6.61 Å². The van der Waals surface area contributed by atoms with Gasteiger partial charge in [-0.05, 0) is 0 Å². The fourth-order valence-corrected chi connectivity index (χ4v) is 1.14. The molecule has 6 N–H and O–H groups in total. The first-order chi connectivity index (χ1) is 5.57. The lowest BCUT2D eigenvalue weighted by Crippen LogP contribution is -2.66. The predicted molar refractivity (Wildman–Crippen MR) is 39.0 cm³/mol. The zero-order chi connectivity index (χ0) is 9.30. The smallest absolute Gasteiger partial charge is 0.251 e. The molecule has 0 aromatic rings. The monoisotopic (exact) mass is 176 g/mol. The molecule has 12 heavy (non-hydrogen) atoms. The summed E-state index contributed by atoms with van der Waals surface area (Å²) in [7, 11) is 0. The highest BCUT2D eigenvalue weighted by molar-refractivity contribution is 5.82. The first kappa shape index (κ1) is 9.40. The van der Waals surface area contributed by atoms with Crippen molar-refractivity contribution in [3.63, 3.8) is 0 Å². The summed E-state index contributed by atoms with van der Waals surface area (Å²) in [6.07, 6.45) is -2.81. The zero-order valence-electron chi connectivity index (χ0n) is 6.34. The minimum absolute atomic E-state index is 0.351. The number of rotatable bonds is 1. The van der Waals surface area contributed by atoms with Crippen LogP contribution in [0.3, 0.4) is 0 Å². The van der Waals surface area contributed by atoms with E-state index in [0.717, 1.165) is 0 Å². The molecule has 0 spiro atoms. The van der Waals surface area contributed by atoms with Gasteiger partial charge in [0.1, 0.15) is 6.10 Å². The first-order valence-corrected chi connectivity index (χ1v) is 3.61. The summed E-state index contributed by atoms with van der Waals surface area (Å²) in [5.41, 5.74) is 5.40. The molecule has 0 bridgehead atoms. The van der Waals surface area contributed by atoms with E-state index in [2.05, 4.69) is 5.32 Å². The van der Waals surface area contributed by atoms with Gasteiger partial charge in [0.2, 0.25) is 0 Å². The highest BCUT2D eigenvalue weighted by Crippen LogP contribution is 2.08. The Morgan fingerprint density at radius 2 is 2.08 bits per heavy atom. The van der Waals surface area contributed by atoms with E-state index in [0.29, 0.717) is 0 Å². The highest BCUT2D eigenvalue weighted by atomic mass is 16.3. The average molecular weight is 176 g/mol. The maximum Gasteiger partial charge on any atom is 0.251 e. The molecule has 1 saturated heterocycles. The van der Waals surface area contributed by atoms with Crippen LogP contribution in [-0.4, -0.2) is 52.1 Å². The fraction of sp³-hybridized carbons (Fsp3) is 0.833. The van der Waals surface area contributed by atoms with Crippen LogP contribution < -0.4 is 11.1 Å². The molecular weight excluding hydrogens is 164 g/mol. The van der Waals surface area contributed by atoms with Crippen LogP contribution in [0, 0.1) is 0 Å². The lowest BCUT2D eigenvalue weighted by atomic mass is 9.94. The van der Waals surface area contributed by atoms with E-state index in [9.17, 15) is 9.90 Å². The quantitative estimate of drug-likeness (QED) is 0.284. The molecule has 1 rings (SSSR count). The Balaban J connectivity index is 2.70. The number of amides is 1. The number of nitrogens with two attached hydrogens (primary N) is 1. The van der Waals surface area contributed by atoms with E-state index in [1.165, 1.54) is 0 Å². The van der Waals surface area contributed by atoms with Crippen molar-refractivity contribution in [1.82, 2.24) is 5.32 Å². The van der Waals surface area contributed by atoms with Crippen LogP contribution >= 0.6 is 0 Å². The maximum absolute atomic E-state index is 10.8. The van der Waals surface area contributed by atoms with Crippen LogP contribution in [0.15, 0.2) is 0 Å². The number of aliphatic hydroxyl groups excluding tert-OH is 3. The number of aliphatic hydroxyl groups is 3. The average Bonchev–Trinajstić information content (AvgIpc) is 2.08. The fourth-order valence-electron chi connectivity index (χ4n) is 1.14. The van der Waals surface area contributed by atoms with Gasteiger partial charge >= 0.3 is 0 Å². The van der Waals surface area contributed by atoms with Crippen molar-refractivity contribution in [2.24, 2.45) is 5.73 Å². The van der Waals surface area contributed by atoms with Gasteiger partial charge < -0.3 is 26.4 Å². The Hall–Kier alpha value is -0.690. The van der Waals surface area contributed by atoms with Crippen molar-refractivity contribution in [3.8, 4) is 0 Å². The van der Waals surface area contributed by atoms with Crippen LogP contribution in [0.4, 0.5) is 0 Å². The third-order valence-electron chi connectivity index (χ3n) is 1.98. The molecule has 0 aromatic carbocycles. The van der Waals surface area contributed by atoms with Gasteiger partial charge in [0.15, 0.2) is 6.10 Å². The van der Waals surface area contributed by atoms with Gasteiger partial charge in [0.25, 0.3) is 5.91 Å². The van der Waals surface area contributed by atoms with Crippen molar-refractivity contribution >= 4 is 5.91 Å². The first-order valence-electron chi connectivity index (χ1n) is 3.61. The molecule has 0 saturated carbocycles. The number of carbonyl (C=O) groups excluding carboxylic acids is 1. The second-order valence-corrected chi connectivity index (χ2v) is 2.81. The van der Waals surface area contributed by atoms with Gasteiger partial charge in [0, 0.05) is 0 Å². The molecule has 1 aliphatic heterocycles. The number of hydrogen-bond acceptors (Lipinski definition) is 5. The van der Waals surface area contributed by atoms with E-state index in [4.69, 9.17) is 15.9 Å². The Morgan fingerprint density at radius 3 is 2.58 bits per heavy atom. The van der Waals surface area contributed by atoms with Crippen LogP contribution in [0.1, 0.15) is 0 Å². The van der Waals surface area contributed by atoms with Gasteiger partial charge in [-0.1, -0.05) is 0 Å². The van der Waals surface area contributed by atoms with E-state index >= 15 is 0 Å². The third-order valence-corrected chi connectivity index (χ3v) is 1.98. The lowest BCUT2D eigenvalue weighted by Gasteiger charge is -2.35. The molecule has 4 atom stereocenters. The van der Waals surface area contributed by atoms with Crippen molar-refractivity contribution < 1.29 is 20.1 Å². The second kappa shape index (κ2) is 3.36. The minimum atomic E-state index is -1.50. The van der Waals surface area contributed by atoms with Gasteiger partial charge in [-0.25, -0.2) is 0 Å². The molecule has 1 fully saturated rings. The summed E-state index contributed by atoms with van der Waals surface area (Å²) in [5, 5.41) is 29.1. The molecule has 0 radical (unpaired) electrons. The topological polar surface area (TPSA) is 116 Å². The van der Waals surface area contributed by atoms with E-state index in [-0.39, 0.29) is 6.61 Å². The highest BCUT2D eigenvalue weighted by Gasteiger charge is 2.39. The van der Waals surface area contributed by atoms with Crippen LogP contribution in [-0.2, 0) is 4.79 Å². The molecule has 70 valence electrons. The zero-order valence-corrected chi connectivity index (χ0v) is 6.34. The molecular formula is C6H12N2O4. The van der Waals surface area contributed by atoms with Crippen LogP contribution in [0.5, 0.6) is 0 Å². The van der Waals surface area contributed by atoms with Crippen molar-refractivity contribution in [2.45, 2.75) is 24.3 Å². The second-order valence-electron chi connectivity index (χ2n) is 2.81. The van der Waals surface area contributed by atoms with Gasteiger partial charge in [0.05, 0.1) is 18.7 Å². The Kier molecular flexibility index (Phi) is 2.63. The Bertz CT molecular complexity index is 184. The Morgan fingerprint density at radius 1 is 1.50 bits per heavy atom. The normalized spacial score (nSPS) is 42.5. The summed E-state index contributed by atoms with van der Waals surface area (Å²) >= 11 is 0. The maximum atomic E-state index is 10.8. The van der Waals surface area contributed by atoms with Gasteiger partial charge in [-0.15, -0.1) is 0 Å². The predicted octanol–water partition coefficient (Wildman–Crippen LogP) is -3.47. The van der Waals surface area contributed by atoms with Crippen molar-refractivity contribution in [3.05, 3.63) is 0 Å². The summed E-state index contributed by atoms with van der Waals surface area (Å²) < 4.78 is 0. The van der Waals surface area contributed by atoms with Crippen LogP contribution in [0.2, 0.25) is 0 Å². The number of hydrogen-bond donors (Lipinski definition) is 5. The molecule has 6 nitrogen and oxygen atoms in total. The Labute approximate surface area is 69.0 Å². The van der Waals surface area contributed by atoms with E-state index in [1.807, 2.05) is 0 Å². The molecule has 1 aliphatic rings. The number of nitrogens with one attached hydrogen (secondary N) is 1. The number of piperidine rings is 1. The summed E-state index contributed by atoms with van der Waals surface area (Å²) in [4.78, 5) is 10.8. The lowest BCUT2D eigenvalue weighted by molar-refractivity contribution is -0.143. The number of carbonyl (C=O) groups is 1. The van der Waals surface area contributed by atoms with Crippen molar-refractivity contribution in [1.29, 1.82) is 0 Å². The molecule has 0 aromatic heterocycles. The van der Waals surface area contributed by atoms with E-state index < -0.39 is 30.2 Å². The molecule has 1 amide bonds. The molecule has 1 heterocycles. The largest absolute Gasteiger partial charge is 0.394 e. The molecule has 0 unspecified atom stereocenters. The van der Waals surface area contributed by atoms with Gasteiger partial charge in [-0.3, -0.25) is 4.79 Å². The summed E-state index contributed by atoms with van der Waals surface area (Å²) in [6.45, 7) is -0.351. The SMILES string of the molecule is N[C@H]1[C@H](O)[C@@H](O)C(=O)N[C@@H]1CO. The summed E-state index contributed by atoms with van der Waals surface area (Å²) in [6, 6.07) is -1.52. The van der Waals surface area contributed by atoms with Crippen LogP contribution in [0.25, 0.3) is 0 Å². The molecule has 0 aliphatic carbocycles. The standard InChI is InChI=1S/C6H12N2O4/c7-3-2(1-9)8-6(12)5(11)4(3)10/h2-5,9-11H,1,7H2,(H,8,12)/t2-,3-,4+,5-/m1/s1. The summed E-state index contributed by atoms with van der Waals surface area (Å²) in [5.74, 6) is -0.705. The van der Waals surface area contributed by atoms with Gasteiger partial charge in [-0.2, -0.15) is 0 Å². The minimum Gasteiger partial charge on any atom is -0.394 e. The van der Waals surface area contributed by atoms with E-state index in [1.54, 1.807) is 0 Å².